The monoisotopic (exact) mass is 298 g/mol. The number of likely N-dealkylation sites (tertiary alicyclic amines) is 1. The van der Waals surface area contributed by atoms with Gasteiger partial charge in [-0.2, -0.15) is 0 Å². The number of Topliss-reactive ketones (excluding diaryl/α,β-unsaturated/α-hetero) is 1. The molecule has 2 atom stereocenters. The van der Waals surface area contributed by atoms with Crippen molar-refractivity contribution in [3.63, 3.8) is 0 Å². The summed E-state index contributed by atoms with van der Waals surface area (Å²) in [4.78, 5) is 27.9. The molecule has 1 fully saturated rings. The Balaban J connectivity index is 0.00000191. The number of amides is 1. The third-order valence-corrected chi connectivity index (χ3v) is 4.00. The Morgan fingerprint density at radius 3 is 2.38 bits per heavy atom. The second kappa shape index (κ2) is 10.8. The van der Waals surface area contributed by atoms with Crippen LogP contribution in [-0.2, 0) is 9.59 Å². The third-order valence-electron chi connectivity index (χ3n) is 4.00. The molecule has 0 saturated carbocycles. The molecule has 0 radical (unpaired) electrons. The van der Waals surface area contributed by atoms with E-state index in [9.17, 15) is 9.59 Å². The molecule has 124 valence electrons. The highest BCUT2D eigenvalue weighted by atomic mass is 16.2. The van der Waals surface area contributed by atoms with Crippen LogP contribution in [0.5, 0.6) is 0 Å². The number of hydrogen-bond acceptors (Lipinski definition) is 3. The van der Waals surface area contributed by atoms with Gasteiger partial charge in [-0.1, -0.05) is 27.7 Å². The van der Waals surface area contributed by atoms with Crippen molar-refractivity contribution in [3.8, 4) is 0 Å². The van der Waals surface area contributed by atoms with Crippen molar-refractivity contribution in [2.45, 2.75) is 65.8 Å². The lowest BCUT2D eigenvalue weighted by Gasteiger charge is -2.29. The fourth-order valence-corrected chi connectivity index (χ4v) is 2.69. The molecular weight excluding hydrogens is 264 g/mol. The predicted molar refractivity (Wildman–Crippen MR) is 88.3 cm³/mol. The highest BCUT2D eigenvalue weighted by Gasteiger charge is 2.29. The first-order valence-corrected chi connectivity index (χ1v) is 8.42. The van der Waals surface area contributed by atoms with E-state index < -0.39 is 0 Å². The third kappa shape index (κ3) is 7.07. The van der Waals surface area contributed by atoms with Crippen molar-refractivity contribution >= 4 is 11.7 Å². The molecule has 1 aliphatic rings. The standard InChI is InChI=1S/C15H28N2O2.C2H6/c1-5-13(17-9-6-7-15(17)19)11-12(2)14(18)8-10-16(3)4;1-2/h12-13H,5-11H2,1-4H3;1-2H3. The van der Waals surface area contributed by atoms with Gasteiger partial charge < -0.3 is 9.80 Å². The Kier molecular flexibility index (Phi) is 10.3. The normalized spacial score (nSPS) is 17.5. The Morgan fingerprint density at radius 2 is 1.95 bits per heavy atom. The summed E-state index contributed by atoms with van der Waals surface area (Å²) in [6.45, 7) is 9.78. The Morgan fingerprint density at radius 1 is 1.33 bits per heavy atom. The molecule has 1 heterocycles. The molecule has 4 heteroatoms. The molecule has 1 amide bonds. The maximum atomic E-state index is 12.1. The maximum absolute atomic E-state index is 12.1. The second-order valence-corrected chi connectivity index (χ2v) is 5.91. The topological polar surface area (TPSA) is 40.6 Å². The molecule has 0 spiro atoms. The van der Waals surface area contributed by atoms with Crippen LogP contribution in [-0.4, -0.2) is 54.7 Å². The molecule has 4 nitrogen and oxygen atoms in total. The van der Waals surface area contributed by atoms with Crippen LogP contribution in [0.1, 0.15) is 59.8 Å². The van der Waals surface area contributed by atoms with Crippen molar-refractivity contribution in [2.75, 3.05) is 27.2 Å². The van der Waals surface area contributed by atoms with Crippen molar-refractivity contribution in [1.82, 2.24) is 9.80 Å². The fraction of sp³-hybridized carbons (Fsp3) is 0.882. The molecule has 0 aromatic carbocycles. The van der Waals surface area contributed by atoms with Crippen LogP contribution >= 0.6 is 0 Å². The fourth-order valence-electron chi connectivity index (χ4n) is 2.69. The van der Waals surface area contributed by atoms with Gasteiger partial charge in [0.05, 0.1) is 0 Å². The van der Waals surface area contributed by atoms with E-state index in [4.69, 9.17) is 0 Å². The first-order valence-electron chi connectivity index (χ1n) is 8.42. The van der Waals surface area contributed by atoms with Crippen LogP contribution in [0.3, 0.4) is 0 Å². The van der Waals surface area contributed by atoms with E-state index in [0.717, 1.165) is 32.4 Å². The van der Waals surface area contributed by atoms with Crippen molar-refractivity contribution in [2.24, 2.45) is 5.92 Å². The summed E-state index contributed by atoms with van der Waals surface area (Å²) in [6, 6.07) is 0.244. The minimum atomic E-state index is 0.0540. The summed E-state index contributed by atoms with van der Waals surface area (Å²) in [6.07, 6.45) is 4.02. The first-order chi connectivity index (χ1) is 9.95. The van der Waals surface area contributed by atoms with E-state index in [2.05, 4.69) is 6.92 Å². The Bertz CT molecular complexity index is 316. The van der Waals surface area contributed by atoms with Gasteiger partial charge in [0, 0.05) is 37.9 Å². The van der Waals surface area contributed by atoms with Crippen LogP contribution in [0.2, 0.25) is 0 Å². The zero-order valence-electron chi connectivity index (χ0n) is 14.8. The van der Waals surface area contributed by atoms with Crippen molar-refractivity contribution < 1.29 is 9.59 Å². The summed E-state index contributed by atoms with van der Waals surface area (Å²) in [5.74, 6) is 0.636. The molecule has 0 aliphatic carbocycles. The van der Waals surface area contributed by atoms with Crippen molar-refractivity contribution in [1.29, 1.82) is 0 Å². The van der Waals surface area contributed by atoms with Gasteiger partial charge in [0.15, 0.2) is 0 Å². The molecule has 21 heavy (non-hydrogen) atoms. The van der Waals surface area contributed by atoms with Gasteiger partial charge in [-0.25, -0.2) is 0 Å². The van der Waals surface area contributed by atoms with Crippen LogP contribution < -0.4 is 0 Å². The van der Waals surface area contributed by atoms with E-state index in [1.54, 1.807) is 0 Å². The Hall–Kier alpha value is -0.900. The summed E-state index contributed by atoms with van der Waals surface area (Å²) in [7, 11) is 3.96. The highest BCUT2D eigenvalue weighted by Crippen LogP contribution is 2.22. The lowest BCUT2D eigenvalue weighted by molar-refractivity contribution is -0.131. The van der Waals surface area contributed by atoms with Gasteiger partial charge in [0.2, 0.25) is 5.91 Å². The van der Waals surface area contributed by atoms with E-state index in [1.807, 2.05) is 44.7 Å². The van der Waals surface area contributed by atoms with Crippen LogP contribution in [0.15, 0.2) is 0 Å². The number of rotatable bonds is 8. The summed E-state index contributed by atoms with van der Waals surface area (Å²) < 4.78 is 0. The van der Waals surface area contributed by atoms with Crippen LogP contribution in [0, 0.1) is 5.92 Å². The van der Waals surface area contributed by atoms with E-state index in [0.29, 0.717) is 18.6 Å². The zero-order chi connectivity index (χ0) is 16.4. The summed E-state index contributed by atoms with van der Waals surface area (Å²) >= 11 is 0. The minimum absolute atomic E-state index is 0.0540. The van der Waals surface area contributed by atoms with E-state index >= 15 is 0 Å². The smallest absolute Gasteiger partial charge is 0.222 e. The average Bonchev–Trinajstić information content (AvgIpc) is 2.90. The highest BCUT2D eigenvalue weighted by molar-refractivity contribution is 5.81. The van der Waals surface area contributed by atoms with Crippen molar-refractivity contribution in [3.05, 3.63) is 0 Å². The number of carbonyl (C=O) groups is 2. The average molecular weight is 298 g/mol. The number of nitrogens with zero attached hydrogens (tertiary/aromatic N) is 2. The van der Waals surface area contributed by atoms with E-state index in [1.165, 1.54) is 0 Å². The molecular formula is C17H34N2O2. The molecule has 1 saturated heterocycles. The van der Waals surface area contributed by atoms with Crippen LogP contribution in [0.4, 0.5) is 0 Å². The largest absolute Gasteiger partial charge is 0.340 e. The molecule has 0 bridgehead atoms. The maximum Gasteiger partial charge on any atom is 0.222 e. The summed E-state index contributed by atoms with van der Waals surface area (Å²) in [5.41, 5.74) is 0. The van der Waals surface area contributed by atoms with Gasteiger partial charge in [0.25, 0.3) is 0 Å². The van der Waals surface area contributed by atoms with Crippen LogP contribution in [0.25, 0.3) is 0 Å². The first kappa shape index (κ1) is 20.1. The van der Waals surface area contributed by atoms with Gasteiger partial charge in [-0.15, -0.1) is 0 Å². The number of carbonyl (C=O) groups excluding carboxylic acids is 2. The SMILES string of the molecule is CC.CCC(CC(C)C(=O)CCN(C)C)N1CCCC1=O. The van der Waals surface area contributed by atoms with E-state index in [-0.39, 0.29) is 17.9 Å². The molecule has 2 unspecified atom stereocenters. The minimum Gasteiger partial charge on any atom is -0.340 e. The number of hydrogen-bond donors (Lipinski definition) is 0. The molecule has 0 aromatic rings. The lowest BCUT2D eigenvalue weighted by atomic mass is 9.93. The predicted octanol–water partition coefficient (Wildman–Crippen LogP) is 2.96. The van der Waals surface area contributed by atoms with Gasteiger partial charge in [-0.3, -0.25) is 9.59 Å². The van der Waals surface area contributed by atoms with Gasteiger partial charge in [-0.05, 0) is 33.4 Å². The summed E-state index contributed by atoms with van der Waals surface area (Å²) in [5, 5.41) is 0. The van der Waals surface area contributed by atoms with Gasteiger partial charge in [0.1, 0.15) is 5.78 Å². The zero-order valence-corrected chi connectivity index (χ0v) is 14.8. The molecule has 1 rings (SSSR count). The molecule has 1 aliphatic heterocycles. The van der Waals surface area contributed by atoms with Gasteiger partial charge >= 0.3 is 0 Å². The molecule has 0 aromatic heterocycles. The Labute approximate surface area is 130 Å². The number of ketones is 1. The lowest BCUT2D eigenvalue weighted by Crippen LogP contribution is -2.38. The quantitative estimate of drug-likeness (QED) is 0.692. The molecule has 0 N–H and O–H groups in total. The second-order valence-electron chi connectivity index (χ2n) is 5.91.